The molecule has 2 fully saturated rings. The number of carbonyl (C=O) groups excluding carboxylic acids is 1. The van der Waals surface area contributed by atoms with Crippen molar-refractivity contribution in [3.05, 3.63) is 43.0 Å². The van der Waals surface area contributed by atoms with Gasteiger partial charge in [-0.15, -0.1) is 0 Å². The SMILES string of the molecule is CN1CCN(c2nccc3[nH]c(-c4n[nH]c5cnc(-c6cncc(NC(=O)C7CCC7)c6)cc45)nc23)CC1. The minimum absolute atomic E-state index is 0.0612. The highest BCUT2D eigenvalue weighted by atomic mass is 16.1. The Morgan fingerprint density at radius 2 is 1.92 bits per heavy atom. The lowest BCUT2D eigenvalue weighted by Crippen LogP contribution is -2.44. The molecule has 0 atom stereocenters. The van der Waals surface area contributed by atoms with Gasteiger partial charge in [0, 0.05) is 55.4 Å². The summed E-state index contributed by atoms with van der Waals surface area (Å²) >= 11 is 0. The maximum absolute atomic E-state index is 12.4. The van der Waals surface area contributed by atoms with Gasteiger partial charge >= 0.3 is 0 Å². The summed E-state index contributed by atoms with van der Waals surface area (Å²) in [6.45, 7) is 3.82. The van der Waals surface area contributed by atoms with E-state index in [9.17, 15) is 4.79 Å². The van der Waals surface area contributed by atoms with Gasteiger partial charge in [0.2, 0.25) is 5.91 Å². The smallest absolute Gasteiger partial charge is 0.227 e. The number of aromatic nitrogens is 7. The first-order chi connectivity index (χ1) is 18.6. The molecule has 1 saturated carbocycles. The van der Waals surface area contributed by atoms with Crippen LogP contribution in [-0.2, 0) is 4.79 Å². The van der Waals surface area contributed by atoms with E-state index >= 15 is 0 Å². The summed E-state index contributed by atoms with van der Waals surface area (Å²) in [5, 5.41) is 11.5. The van der Waals surface area contributed by atoms with Gasteiger partial charge in [-0.1, -0.05) is 6.42 Å². The first-order valence-corrected chi connectivity index (χ1v) is 13.0. The van der Waals surface area contributed by atoms with Crippen LogP contribution in [0, 0.1) is 5.92 Å². The molecule has 1 aliphatic heterocycles. The van der Waals surface area contributed by atoms with E-state index in [1.54, 1.807) is 18.6 Å². The van der Waals surface area contributed by atoms with Crippen LogP contribution in [0.1, 0.15) is 19.3 Å². The molecule has 0 aromatic carbocycles. The summed E-state index contributed by atoms with van der Waals surface area (Å²) in [6, 6.07) is 5.84. The standard InChI is InChI=1S/C27H28N10O/c1-36-7-9-37(10-8-36)26-24-20(5-6-29-26)32-25(33-24)23-19-12-21(30-15-22(19)34-35-23)17-11-18(14-28-13-17)31-27(38)16-3-2-4-16/h5-6,11-16H,2-4,7-10H2,1H3,(H,31,38)(H,32,33)(H,34,35). The number of hydrogen-bond donors (Lipinski definition) is 3. The molecular weight excluding hydrogens is 480 g/mol. The van der Waals surface area contributed by atoms with Crippen LogP contribution in [0.4, 0.5) is 11.5 Å². The number of H-pyrrole nitrogens is 2. The Morgan fingerprint density at radius 3 is 2.74 bits per heavy atom. The normalized spacial score (nSPS) is 16.7. The topological polar surface area (TPSA) is 132 Å². The first-order valence-electron chi connectivity index (χ1n) is 13.0. The molecule has 1 saturated heterocycles. The van der Waals surface area contributed by atoms with Gasteiger partial charge < -0.3 is 20.1 Å². The summed E-state index contributed by atoms with van der Waals surface area (Å²) < 4.78 is 0. The highest BCUT2D eigenvalue weighted by molar-refractivity contribution is 5.97. The molecule has 1 amide bonds. The monoisotopic (exact) mass is 508 g/mol. The van der Waals surface area contributed by atoms with E-state index in [1.807, 2.05) is 24.4 Å². The Hall–Kier alpha value is -4.38. The maximum Gasteiger partial charge on any atom is 0.227 e. The number of pyridine rings is 3. The van der Waals surface area contributed by atoms with Gasteiger partial charge in [-0.3, -0.25) is 19.9 Å². The molecule has 38 heavy (non-hydrogen) atoms. The molecule has 0 spiro atoms. The van der Waals surface area contributed by atoms with Gasteiger partial charge in [0.05, 0.1) is 34.8 Å². The van der Waals surface area contributed by atoms with Crippen molar-refractivity contribution in [3.8, 4) is 22.8 Å². The van der Waals surface area contributed by atoms with E-state index in [0.717, 1.165) is 84.5 Å². The zero-order valence-corrected chi connectivity index (χ0v) is 21.1. The van der Waals surface area contributed by atoms with Gasteiger partial charge in [0.1, 0.15) is 11.2 Å². The van der Waals surface area contributed by atoms with Crippen molar-refractivity contribution >= 4 is 39.3 Å². The number of imidazole rings is 1. The highest BCUT2D eigenvalue weighted by Crippen LogP contribution is 2.32. The molecule has 6 heterocycles. The predicted molar refractivity (Wildman–Crippen MR) is 146 cm³/mol. The average Bonchev–Trinajstić information content (AvgIpc) is 3.52. The van der Waals surface area contributed by atoms with Crippen molar-refractivity contribution in [3.63, 3.8) is 0 Å². The molecule has 0 radical (unpaired) electrons. The molecule has 3 N–H and O–H groups in total. The summed E-state index contributed by atoms with van der Waals surface area (Å²) in [7, 11) is 2.14. The summed E-state index contributed by atoms with van der Waals surface area (Å²) in [4.78, 5) is 39.0. The van der Waals surface area contributed by atoms with E-state index in [-0.39, 0.29) is 11.8 Å². The van der Waals surface area contributed by atoms with Crippen LogP contribution in [-0.4, -0.2) is 79.2 Å². The second kappa shape index (κ2) is 9.18. The second-order valence-electron chi connectivity index (χ2n) is 10.2. The Kier molecular flexibility index (Phi) is 5.50. The average molecular weight is 509 g/mol. The van der Waals surface area contributed by atoms with Crippen LogP contribution in [0.3, 0.4) is 0 Å². The lowest BCUT2D eigenvalue weighted by molar-refractivity contribution is -0.122. The Morgan fingerprint density at radius 1 is 1.05 bits per heavy atom. The highest BCUT2D eigenvalue weighted by Gasteiger charge is 2.25. The summed E-state index contributed by atoms with van der Waals surface area (Å²) in [5.41, 5.74) is 5.52. The second-order valence-corrected chi connectivity index (χ2v) is 10.2. The van der Waals surface area contributed by atoms with Gasteiger partial charge in [-0.05, 0) is 38.1 Å². The number of nitrogens with zero attached hydrogens (tertiary/aromatic N) is 7. The van der Waals surface area contributed by atoms with Crippen LogP contribution in [0.5, 0.6) is 0 Å². The van der Waals surface area contributed by atoms with Crippen molar-refractivity contribution in [2.75, 3.05) is 43.4 Å². The van der Waals surface area contributed by atoms with Crippen LogP contribution in [0.15, 0.2) is 43.0 Å². The van der Waals surface area contributed by atoms with Crippen molar-refractivity contribution in [2.24, 2.45) is 5.92 Å². The Labute approximate surface area is 218 Å². The molecule has 5 aromatic heterocycles. The van der Waals surface area contributed by atoms with E-state index in [4.69, 9.17) is 4.98 Å². The molecule has 11 nitrogen and oxygen atoms in total. The number of piperazine rings is 1. The van der Waals surface area contributed by atoms with E-state index in [0.29, 0.717) is 17.2 Å². The maximum atomic E-state index is 12.4. The molecule has 1 aliphatic carbocycles. The van der Waals surface area contributed by atoms with E-state index in [1.165, 1.54) is 0 Å². The van der Waals surface area contributed by atoms with Crippen LogP contribution >= 0.6 is 0 Å². The van der Waals surface area contributed by atoms with E-state index < -0.39 is 0 Å². The fourth-order valence-corrected chi connectivity index (χ4v) is 5.10. The van der Waals surface area contributed by atoms with Crippen molar-refractivity contribution < 1.29 is 4.79 Å². The molecule has 11 heteroatoms. The van der Waals surface area contributed by atoms with Gasteiger partial charge in [-0.25, -0.2) is 9.97 Å². The lowest BCUT2D eigenvalue weighted by Gasteiger charge is -2.33. The number of anilines is 2. The summed E-state index contributed by atoms with van der Waals surface area (Å²) in [5.74, 6) is 1.74. The molecule has 2 aliphatic rings. The fourth-order valence-electron chi connectivity index (χ4n) is 5.10. The number of nitrogens with one attached hydrogen (secondary N) is 3. The predicted octanol–water partition coefficient (Wildman–Crippen LogP) is 3.45. The summed E-state index contributed by atoms with van der Waals surface area (Å²) in [6.07, 6.45) is 10.0. The number of hydrogen-bond acceptors (Lipinski definition) is 8. The number of fused-ring (bicyclic) bond motifs is 2. The third kappa shape index (κ3) is 4.04. The minimum atomic E-state index is 0.0612. The Balaban J connectivity index is 1.22. The largest absolute Gasteiger partial charge is 0.352 e. The van der Waals surface area contributed by atoms with Crippen molar-refractivity contribution in [1.29, 1.82) is 0 Å². The Bertz CT molecular complexity index is 1640. The van der Waals surface area contributed by atoms with Crippen molar-refractivity contribution in [2.45, 2.75) is 19.3 Å². The van der Waals surface area contributed by atoms with Gasteiger partial charge in [0.15, 0.2) is 11.6 Å². The third-order valence-corrected chi connectivity index (χ3v) is 7.63. The van der Waals surface area contributed by atoms with Gasteiger partial charge in [-0.2, -0.15) is 5.10 Å². The van der Waals surface area contributed by atoms with Crippen LogP contribution in [0.2, 0.25) is 0 Å². The van der Waals surface area contributed by atoms with Gasteiger partial charge in [0.25, 0.3) is 0 Å². The molecule has 192 valence electrons. The number of carbonyl (C=O) groups is 1. The number of aromatic amines is 2. The molecule has 5 aromatic rings. The zero-order chi connectivity index (χ0) is 25.6. The number of likely N-dealkylation sites (N-methyl/N-ethyl adjacent to an activating group) is 1. The molecule has 0 bridgehead atoms. The van der Waals surface area contributed by atoms with E-state index in [2.05, 4.69) is 52.3 Å². The first kappa shape index (κ1) is 22.8. The molecule has 7 rings (SSSR count). The number of amides is 1. The van der Waals surface area contributed by atoms with Crippen LogP contribution in [0.25, 0.3) is 44.7 Å². The quantitative estimate of drug-likeness (QED) is 0.329. The van der Waals surface area contributed by atoms with Crippen molar-refractivity contribution in [1.82, 2.24) is 40.0 Å². The fraction of sp³-hybridized carbons (Fsp3) is 0.333. The zero-order valence-electron chi connectivity index (χ0n) is 21.1. The third-order valence-electron chi connectivity index (χ3n) is 7.63. The van der Waals surface area contributed by atoms with Crippen LogP contribution < -0.4 is 10.2 Å². The minimum Gasteiger partial charge on any atom is -0.352 e. The molecular formula is C27H28N10O. The lowest BCUT2D eigenvalue weighted by atomic mass is 9.85. The number of rotatable bonds is 5. The molecule has 0 unspecified atom stereocenters.